The van der Waals surface area contributed by atoms with Crippen LogP contribution in [0.25, 0.3) is 22.4 Å². The van der Waals surface area contributed by atoms with Gasteiger partial charge in [-0.05, 0) is 54.7 Å². The molecule has 7 heteroatoms. The molecule has 138 valence electrons. The number of pyridine rings is 1. The maximum absolute atomic E-state index is 13.6. The maximum atomic E-state index is 13.6. The van der Waals surface area contributed by atoms with Gasteiger partial charge in [0.2, 0.25) is 11.4 Å². The highest BCUT2D eigenvalue weighted by molar-refractivity contribution is 5.73. The van der Waals surface area contributed by atoms with Crippen molar-refractivity contribution in [1.82, 2.24) is 15.2 Å². The van der Waals surface area contributed by atoms with E-state index in [0.717, 1.165) is 6.42 Å². The molecule has 2 atom stereocenters. The Morgan fingerprint density at radius 2 is 1.93 bits per heavy atom. The summed E-state index contributed by atoms with van der Waals surface area (Å²) in [5.74, 6) is 0.295. The molecule has 1 aromatic carbocycles. The first-order valence-electron chi connectivity index (χ1n) is 8.77. The number of H-pyrrole nitrogens is 1. The zero-order valence-electron chi connectivity index (χ0n) is 14.4. The molecule has 2 N–H and O–H groups in total. The summed E-state index contributed by atoms with van der Waals surface area (Å²) >= 11 is 0. The van der Waals surface area contributed by atoms with E-state index in [1.54, 1.807) is 42.6 Å². The molecular formula is C20H18FN3O3. The van der Waals surface area contributed by atoms with E-state index in [-0.39, 0.29) is 17.2 Å². The van der Waals surface area contributed by atoms with Gasteiger partial charge in [-0.3, -0.25) is 4.79 Å². The lowest BCUT2D eigenvalue weighted by Gasteiger charge is -2.14. The van der Waals surface area contributed by atoms with Crippen LogP contribution in [0.1, 0.15) is 19.3 Å². The number of aromatic hydroxyl groups is 1. The van der Waals surface area contributed by atoms with Crippen LogP contribution < -0.4 is 10.3 Å². The zero-order valence-corrected chi connectivity index (χ0v) is 14.4. The van der Waals surface area contributed by atoms with Crippen LogP contribution in [-0.2, 0) is 0 Å². The van der Waals surface area contributed by atoms with Gasteiger partial charge in [-0.1, -0.05) is 6.07 Å². The monoisotopic (exact) mass is 367 g/mol. The van der Waals surface area contributed by atoms with Crippen molar-refractivity contribution >= 4 is 0 Å². The quantitative estimate of drug-likeness (QED) is 0.737. The van der Waals surface area contributed by atoms with Crippen molar-refractivity contribution in [3.8, 4) is 34.0 Å². The molecule has 2 heterocycles. The van der Waals surface area contributed by atoms with E-state index in [9.17, 15) is 14.3 Å². The van der Waals surface area contributed by atoms with Crippen molar-refractivity contribution < 1.29 is 14.2 Å². The second kappa shape index (κ2) is 7.19. The van der Waals surface area contributed by atoms with Crippen molar-refractivity contribution in [3.63, 3.8) is 0 Å². The highest BCUT2D eigenvalue weighted by atomic mass is 19.1. The molecule has 0 aliphatic heterocycles. The Morgan fingerprint density at radius 3 is 2.59 bits per heavy atom. The fourth-order valence-corrected chi connectivity index (χ4v) is 3.25. The average Bonchev–Trinajstić information content (AvgIpc) is 3.07. The number of alkyl halides is 1. The van der Waals surface area contributed by atoms with Gasteiger partial charge in [-0.2, -0.15) is 0 Å². The predicted octanol–water partition coefficient (Wildman–Crippen LogP) is 3.47. The van der Waals surface area contributed by atoms with Crippen LogP contribution in [0.15, 0.2) is 53.5 Å². The molecule has 27 heavy (non-hydrogen) atoms. The van der Waals surface area contributed by atoms with Gasteiger partial charge in [0.15, 0.2) is 0 Å². The number of hydrogen-bond acceptors (Lipinski definition) is 5. The largest absolute Gasteiger partial charge is 0.507 e. The van der Waals surface area contributed by atoms with Crippen LogP contribution >= 0.6 is 0 Å². The van der Waals surface area contributed by atoms with E-state index in [1.165, 1.54) is 6.07 Å². The Bertz CT molecular complexity index is 1000. The van der Waals surface area contributed by atoms with E-state index >= 15 is 0 Å². The van der Waals surface area contributed by atoms with Gasteiger partial charge in [0.1, 0.15) is 18.0 Å². The zero-order chi connectivity index (χ0) is 18.8. The first-order valence-corrected chi connectivity index (χ1v) is 8.77. The molecule has 1 aliphatic carbocycles. The number of phenols is 1. The van der Waals surface area contributed by atoms with Crippen molar-refractivity contribution in [1.29, 1.82) is 0 Å². The minimum Gasteiger partial charge on any atom is -0.507 e. The first-order chi connectivity index (χ1) is 13.1. The molecule has 0 radical (unpaired) electrons. The summed E-state index contributed by atoms with van der Waals surface area (Å²) in [5, 5.41) is 18.4. The van der Waals surface area contributed by atoms with Crippen LogP contribution in [0.5, 0.6) is 11.6 Å². The number of ether oxygens (including phenoxy) is 1. The van der Waals surface area contributed by atoms with Crippen molar-refractivity contribution in [3.05, 3.63) is 59.0 Å². The number of benzene rings is 1. The second-order valence-corrected chi connectivity index (χ2v) is 6.53. The summed E-state index contributed by atoms with van der Waals surface area (Å²) in [7, 11) is 0. The van der Waals surface area contributed by atoms with Crippen molar-refractivity contribution in [2.75, 3.05) is 0 Å². The Morgan fingerprint density at radius 1 is 1.07 bits per heavy atom. The summed E-state index contributed by atoms with van der Waals surface area (Å²) in [6.45, 7) is 0. The van der Waals surface area contributed by atoms with Gasteiger partial charge in [-0.25, -0.2) is 4.39 Å². The minimum absolute atomic E-state index is 0.0235. The standard InChI is InChI=1S/C20H18FN3O3/c21-15-2-1-3-18(15)27-20-7-6-16(23-24-20)14-5-4-12(10-17(14)25)13-8-9-22-19(26)11-13/h4-11,15,18,25H,1-3H2,(H,22,26)/t15-,18-/m0/s1. The summed E-state index contributed by atoms with van der Waals surface area (Å²) in [6, 6.07) is 11.6. The van der Waals surface area contributed by atoms with E-state index < -0.39 is 12.3 Å². The minimum atomic E-state index is -0.965. The predicted molar refractivity (Wildman–Crippen MR) is 98.4 cm³/mol. The smallest absolute Gasteiger partial charge is 0.248 e. The number of phenolic OH excluding ortho intramolecular Hbond substituents is 1. The summed E-state index contributed by atoms with van der Waals surface area (Å²) < 4.78 is 19.2. The third-order valence-electron chi connectivity index (χ3n) is 4.67. The van der Waals surface area contributed by atoms with E-state index in [2.05, 4.69) is 15.2 Å². The normalized spacial score (nSPS) is 19.1. The number of rotatable bonds is 4. The van der Waals surface area contributed by atoms with Crippen LogP contribution in [0, 0.1) is 0 Å². The molecule has 0 saturated heterocycles. The van der Waals surface area contributed by atoms with Crippen molar-refractivity contribution in [2.24, 2.45) is 0 Å². The molecule has 1 fully saturated rings. The first kappa shape index (κ1) is 17.2. The van der Waals surface area contributed by atoms with E-state index in [0.29, 0.717) is 35.2 Å². The van der Waals surface area contributed by atoms with Gasteiger partial charge in [-0.15, -0.1) is 10.2 Å². The fraction of sp³-hybridized carbons (Fsp3) is 0.250. The molecule has 3 aromatic rings. The molecule has 4 rings (SSSR count). The van der Waals surface area contributed by atoms with Crippen LogP contribution in [0.3, 0.4) is 0 Å². The topological polar surface area (TPSA) is 88.1 Å². The fourth-order valence-electron chi connectivity index (χ4n) is 3.25. The highest BCUT2D eigenvalue weighted by Gasteiger charge is 2.29. The number of hydrogen-bond donors (Lipinski definition) is 2. The molecule has 0 bridgehead atoms. The lowest BCUT2D eigenvalue weighted by Crippen LogP contribution is -2.22. The molecule has 1 saturated carbocycles. The number of nitrogens with zero attached hydrogens (tertiary/aromatic N) is 2. The Labute approximate surface area is 154 Å². The van der Waals surface area contributed by atoms with Crippen LogP contribution in [0.4, 0.5) is 4.39 Å². The summed E-state index contributed by atoms with van der Waals surface area (Å²) in [5.41, 5.74) is 2.18. The number of aromatic amines is 1. The van der Waals surface area contributed by atoms with Crippen LogP contribution in [0.2, 0.25) is 0 Å². The number of nitrogens with one attached hydrogen (secondary N) is 1. The third-order valence-corrected chi connectivity index (χ3v) is 4.67. The van der Waals surface area contributed by atoms with Gasteiger partial charge >= 0.3 is 0 Å². The van der Waals surface area contributed by atoms with E-state index in [1.807, 2.05) is 0 Å². The van der Waals surface area contributed by atoms with Gasteiger partial charge in [0, 0.05) is 23.9 Å². The maximum Gasteiger partial charge on any atom is 0.248 e. The van der Waals surface area contributed by atoms with Gasteiger partial charge in [0.05, 0.1) is 5.69 Å². The lowest BCUT2D eigenvalue weighted by atomic mass is 10.0. The second-order valence-electron chi connectivity index (χ2n) is 6.53. The SMILES string of the molecule is O=c1cc(-c2ccc(-c3ccc(O[C@H]4CCC[C@@H]4F)nn3)c(O)c2)cc[nH]1. The molecule has 0 spiro atoms. The molecule has 6 nitrogen and oxygen atoms in total. The average molecular weight is 367 g/mol. The molecule has 2 aromatic heterocycles. The Kier molecular flexibility index (Phi) is 4.58. The van der Waals surface area contributed by atoms with Gasteiger partial charge in [0.25, 0.3) is 0 Å². The molecule has 1 aliphatic rings. The van der Waals surface area contributed by atoms with Gasteiger partial charge < -0.3 is 14.8 Å². The van der Waals surface area contributed by atoms with E-state index in [4.69, 9.17) is 4.74 Å². The highest BCUT2D eigenvalue weighted by Crippen LogP contribution is 2.32. The summed E-state index contributed by atoms with van der Waals surface area (Å²) in [4.78, 5) is 14.0. The summed E-state index contributed by atoms with van der Waals surface area (Å²) in [6.07, 6.45) is 2.13. The number of halogens is 1. The third kappa shape index (κ3) is 3.67. The van der Waals surface area contributed by atoms with Crippen LogP contribution in [-0.4, -0.2) is 32.6 Å². The molecular weight excluding hydrogens is 349 g/mol. The van der Waals surface area contributed by atoms with Crippen molar-refractivity contribution in [2.45, 2.75) is 31.5 Å². The Hall–Kier alpha value is -3.22. The Balaban J connectivity index is 1.55. The number of aromatic nitrogens is 3. The lowest BCUT2D eigenvalue weighted by molar-refractivity contribution is 0.119. The molecule has 0 unspecified atom stereocenters. The molecule has 0 amide bonds.